The molecule has 5 saturated carbocycles. The van der Waals surface area contributed by atoms with Crippen LogP contribution in [0, 0.1) is 50.7 Å². The molecule has 2 spiro atoms. The molecule has 0 unspecified atom stereocenters. The summed E-state index contributed by atoms with van der Waals surface area (Å²) in [5.41, 5.74) is 1.72. The molecule has 0 aromatic heterocycles. The molecular formula is C26H40O2. The molecule has 0 aromatic carbocycles. The highest BCUT2D eigenvalue weighted by Gasteiger charge is 2.82. The Labute approximate surface area is 171 Å². The number of fused-ring (bicyclic) bond motifs is 2. The Bertz CT molecular complexity index is 724. The fraction of sp³-hybridized carbons (Fsp3) is 0.923. The van der Waals surface area contributed by atoms with Gasteiger partial charge in [0.05, 0.1) is 0 Å². The van der Waals surface area contributed by atoms with Gasteiger partial charge in [0.2, 0.25) is 0 Å². The van der Waals surface area contributed by atoms with E-state index in [0.717, 1.165) is 25.0 Å². The third kappa shape index (κ3) is 1.92. The van der Waals surface area contributed by atoms with Crippen molar-refractivity contribution in [2.75, 3.05) is 0 Å². The maximum atomic E-state index is 12.7. The summed E-state index contributed by atoms with van der Waals surface area (Å²) in [5.74, 6) is 3.22. The third-order valence-electron chi connectivity index (χ3n) is 12.1. The third-order valence-corrected chi connectivity index (χ3v) is 12.1. The van der Waals surface area contributed by atoms with Crippen molar-refractivity contribution < 1.29 is 9.59 Å². The molecule has 5 aliphatic carbocycles. The van der Waals surface area contributed by atoms with Gasteiger partial charge in [0, 0.05) is 18.3 Å². The van der Waals surface area contributed by atoms with Crippen molar-refractivity contribution in [1.82, 2.24) is 0 Å². The first-order valence-corrected chi connectivity index (χ1v) is 12.1. The van der Waals surface area contributed by atoms with Crippen LogP contribution < -0.4 is 0 Å². The molecule has 0 N–H and O–H groups in total. The maximum absolute atomic E-state index is 12.7. The van der Waals surface area contributed by atoms with Crippen LogP contribution in [0.2, 0.25) is 0 Å². The minimum atomic E-state index is -0.106. The van der Waals surface area contributed by atoms with E-state index in [1.54, 1.807) is 0 Å². The average molecular weight is 385 g/mol. The van der Waals surface area contributed by atoms with Crippen LogP contribution in [0.4, 0.5) is 0 Å². The summed E-state index contributed by atoms with van der Waals surface area (Å²) in [6, 6.07) is 0. The minimum absolute atomic E-state index is 0.106. The number of aldehydes is 1. The van der Waals surface area contributed by atoms with Crippen molar-refractivity contribution in [3.63, 3.8) is 0 Å². The van der Waals surface area contributed by atoms with Crippen LogP contribution in [0.15, 0.2) is 0 Å². The summed E-state index contributed by atoms with van der Waals surface area (Å²) in [4.78, 5) is 24.0. The lowest BCUT2D eigenvalue weighted by molar-refractivity contribution is -0.157. The van der Waals surface area contributed by atoms with Gasteiger partial charge in [-0.05, 0) is 96.7 Å². The predicted octanol–water partition coefficient (Wildman–Crippen LogP) is 6.22. The Hall–Kier alpha value is -0.660. The first-order chi connectivity index (χ1) is 13.1. The second kappa shape index (κ2) is 5.52. The SMILES string of the molecule is C[C@H](CC=O)[C@H]1CC[C@@]2(C)[C@@H]3CC[C@H]4C(C)(C)C(=O)CC[C@@]45C[C@@]35CC[C@]12C. The second-order valence-electron chi connectivity index (χ2n) is 12.7. The lowest BCUT2D eigenvalue weighted by atomic mass is 9.42. The molecular weight excluding hydrogens is 344 g/mol. The molecule has 5 aliphatic rings. The van der Waals surface area contributed by atoms with E-state index >= 15 is 0 Å². The normalized spacial score (nSPS) is 54.8. The second-order valence-corrected chi connectivity index (χ2v) is 12.7. The Morgan fingerprint density at radius 2 is 1.61 bits per heavy atom. The molecule has 0 saturated heterocycles. The van der Waals surface area contributed by atoms with Gasteiger partial charge in [-0.1, -0.05) is 34.6 Å². The van der Waals surface area contributed by atoms with E-state index in [1.807, 2.05) is 0 Å². The molecule has 8 atom stereocenters. The van der Waals surface area contributed by atoms with Crippen LogP contribution in [0.3, 0.4) is 0 Å². The van der Waals surface area contributed by atoms with Crippen molar-refractivity contribution in [2.24, 2.45) is 50.7 Å². The van der Waals surface area contributed by atoms with E-state index in [0.29, 0.717) is 45.2 Å². The average Bonchev–Trinajstić information content (AvgIpc) is 3.22. The van der Waals surface area contributed by atoms with Gasteiger partial charge in [0.25, 0.3) is 0 Å². The van der Waals surface area contributed by atoms with Crippen molar-refractivity contribution in [3.05, 3.63) is 0 Å². The van der Waals surface area contributed by atoms with Crippen LogP contribution in [-0.2, 0) is 9.59 Å². The molecule has 0 aliphatic heterocycles. The van der Waals surface area contributed by atoms with Crippen molar-refractivity contribution >= 4 is 12.1 Å². The standard InChI is InChI=1S/C26H40O2/c1-17(10-15-27)18-8-11-24(5)20-7-6-19-22(2,3)21(28)9-12-25(19)16-26(20,25)14-13-23(18,24)4/h15,17-20H,6-14,16H2,1-5H3/t17-,18-,19+,20+,23-,24+,25-,26+/m1/s1. The van der Waals surface area contributed by atoms with E-state index < -0.39 is 0 Å². The molecule has 156 valence electrons. The highest BCUT2D eigenvalue weighted by Crippen LogP contribution is 2.88. The van der Waals surface area contributed by atoms with Crippen molar-refractivity contribution in [2.45, 2.75) is 98.8 Å². The lowest BCUT2D eigenvalue weighted by Crippen LogP contribution is -2.57. The van der Waals surface area contributed by atoms with Gasteiger partial charge >= 0.3 is 0 Å². The van der Waals surface area contributed by atoms with Gasteiger partial charge in [-0.3, -0.25) is 4.79 Å². The molecule has 5 rings (SSSR count). The fourth-order valence-electron chi connectivity index (χ4n) is 10.4. The molecule has 2 nitrogen and oxygen atoms in total. The van der Waals surface area contributed by atoms with Gasteiger partial charge in [-0.25, -0.2) is 0 Å². The quantitative estimate of drug-likeness (QED) is 0.541. The zero-order chi connectivity index (χ0) is 20.2. The zero-order valence-corrected chi connectivity index (χ0v) is 18.8. The van der Waals surface area contributed by atoms with Crippen LogP contribution in [0.25, 0.3) is 0 Å². The fourth-order valence-corrected chi connectivity index (χ4v) is 10.4. The minimum Gasteiger partial charge on any atom is -0.303 e. The Balaban J connectivity index is 1.50. The summed E-state index contributed by atoms with van der Waals surface area (Å²) in [6.45, 7) is 12.1. The largest absolute Gasteiger partial charge is 0.303 e. The van der Waals surface area contributed by atoms with Crippen molar-refractivity contribution in [3.8, 4) is 0 Å². The number of Topliss-reactive ketones (excluding diaryl/α,β-unsaturated/α-hetero) is 1. The lowest BCUT2D eigenvalue weighted by Gasteiger charge is -2.62. The van der Waals surface area contributed by atoms with Crippen LogP contribution >= 0.6 is 0 Å². The Kier molecular flexibility index (Phi) is 3.81. The van der Waals surface area contributed by atoms with Gasteiger partial charge in [-0.15, -0.1) is 0 Å². The maximum Gasteiger partial charge on any atom is 0.138 e. The van der Waals surface area contributed by atoms with Crippen LogP contribution in [0.1, 0.15) is 98.8 Å². The topological polar surface area (TPSA) is 34.1 Å². The molecule has 0 aromatic rings. The predicted molar refractivity (Wildman–Crippen MR) is 112 cm³/mol. The van der Waals surface area contributed by atoms with Crippen LogP contribution in [-0.4, -0.2) is 12.1 Å². The Morgan fingerprint density at radius 3 is 2.32 bits per heavy atom. The van der Waals surface area contributed by atoms with Gasteiger partial charge < -0.3 is 4.79 Å². The van der Waals surface area contributed by atoms with E-state index in [1.165, 1.54) is 51.4 Å². The summed E-state index contributed by atoms with van der Waals surface area (Å²) in [6.07, 6.45) is 13.3. The number of rotatable bonds is 3. The number of hydrogen-bond acceptors (Lipinski definition) is 2. The summed E-state index contributed by atoms with van der Waals surface area (Å²) in [7, 11) is 0. The monoisotopic (exact) mass is 384 g/mol. The van der Waals surface area contributed by atoms with Crippen molar-refractivity contribution in [1.29, 1.82) is 0 Å². The van der Waals surface area contributed by atoms with Crippen LogP contribution in [0.5, 0.6) is 0 Å². The van der Waals surface area contributed by atoms with Gasteiger partial charge in [0.15, 0.2) is 0 Å². The molecule has 28 heavy (non-hydrogen) atoms. The molecule has 0 amide bonds. The smallest absolute Gasteiger partial charge is 0.138 e. The van der Waals surface area contributed by atoms with E-state index in [2.05, 4.69) is 34.6 Å². The molecule has 5 fully saturated rings. The molecule has 0 bridgehead atoms. The summed E-state index contributed by atoms with van der Waals surface area (Å²) >= 11 is 0. The van der Waals surface area contributed by atoms with E-state index in [4.69, 9.17) is 0 Å². The van der Waals surface area contributed by atoms with Gasteiger partial charge in [-0.2, -0.15) is 0 Å². The highest BCUT2D eigenvalue weighted by molar-refractivity contribution is 5.86. The Morgan fingerprint density at radius 1 is 0.929 bits per heavy atom. The van der Waals surface area contributed by atoms with E-state index in [-0.39, 0.29) is 5.41 Å². The first kappa shape index (κ1) is 19.3. The number of carbonyl (C=O) groups is 2. The molecule has 0 radical (unpaired) electrons. The van der Waals surface area contributed by atoms with Gasteiger partial charge in [0.1, 0.15) is 12.1 Å². The molecule has 2 heteroatoms. The first-order valence-electron chi connectivity index (χ1n) is 12.1. The molecule has 0 heterocycles. The highest BCUT2D eigenvalue weighted by atomic mass is 16.1. The summed E-state index contributed by atoms with van der Waals surface area (Å²) in [5, 5.41) is 0. The zero-order valence-electron chi connectivity index (χ0n) is 18.8. The number of hydrogen-bond donors (Lipinski definition) is 0. The number of carbonyl (C=O) groups excluding carboxylic acids is 2. The summed E-state index contributed by atoms with van der Waals surface area (Å²) < 4.78 is 0. The van der Waals surface area contributed by atoms with E-state index in [9.17, 15) is 9.59 Å². The number of ketones is 1.